The van der Waals surface area contributed by atoms with Gasteiger partial charge in [-0.05, 0) is 43.7 Å². The Morgan fingerprint density at radius 1 is 1.50 bits per heavy atom. The highest BCUT2D eigenvalue weighted by Gasteiger charge is 2.38. The van der Waals surface area contributed by atoms with Crippen molar-refractivity contribution in [2.75, 3.05) is 7.11 Å². The van der Waals surface area contributed by atoms with Crippen LogP contribution in [0.1, 0.15) is 31.2 Å². The van der Waals surface area contributed by atoms with E-state index in [1.165, 1.54) is 6.42 Å². The van der Waals surface area contributed by atoms with Gasteiger partial charge in [-0.2, -0.15) is 0 Å². The van der Waals surface area contributed by atoms with Crippen molar-refractivity contribution in [2.45, 2.75) is 43.7 Å². The molecule has 0 spiro atoms. The molecule has 4 heteroatoms. The van der Waals surface area contributed by atoms with Crippen LogP contribution < -0.4 is 5.73 Å². The van der Waals surface area contributed by atoms with Crippen molar-refractivity contribution in [3.8, 4) is 0 Å². The Hall–Kier alpha value is -0.640. The van der Waals surface area contributed by atoms with Gasteiger partial charge in [0.25, 0.3) is 0 Å². The maximum absolute atomic E-state index is 13.8. The van der Waals surface area contributed by atoms with Gasteiger partial charge in [0.15, 0.2) is 0 Å². The Bertz CT molecular complexity index is 415. The zero-order valence-electron chi connectivity index (χ0n) is 10.6. The highest BCUT2D eigenvalue weighted by Crippen LogP contribution is 2.39. The third-order valence-electron chi connectivity index (χ3n) is 3.85. The Kier molecular flexibility index (Phi) is 4.25. The molecule has 18 heavy (non-hydrogen) atoms. The van der Waals surface area contributed by atoms with Gasteiger partial charge in [-0.1, -0.05) is 23.7 Å². The molecule has 0 amide bonds. The molecule has 1 atom stereocenters. The number of halogens is 2. The quantitative estimate of drug-likeness (QED) is 0.892. The molecule has 1 aromatic rings. The molecule has 0 heterocycles. The lowest BCUT2D eigenvalue weighted by Gasteiger charge is -2.42. The van der Waals surface area contributed by atoms with E-state index in [1.54, 1.807) is 25.3 Å². The Morgan fingerprint density at radius 3 is 2.78 bits per heavy atom. The molecule has 2 N–H and O–H groups in total. The third-order valence-corrected chi connectivity index (χ3v) is 4.14. The van der Waals surface area contributed by atoms with Crippen LogP contribution in [0.2, 0.25) is 5.02 Å². The van der Waals surface area contributed by atoms with Gasteiger partial charge >= 0.3 is 0 Å². The zero-order chi connectivity index (χ0) is 13.2. The van der Waals surface area contributed by atoms with Crippen LogP contribution in [0, 0.1) is 5.82 Å². The predicted molar refractivity (Wildman–Crippen MR) is 71.3 cm³/mol. The van der Waals surface area contributed by atoms with Crippen LogP contribution in [0.3, 0.4) is 0 Å². The van der Waals surface area contributed by atoms with E-state index in [0.717, 1.165) is 19.3 Å². The zero-order valence-corrected chi connectivity index (χ0v) is 11.3. The molecule has 1 unspecified atom stereocenters. The molecule has 0 aliphatic heterocycles. The summed E-state index contributed by atoms with van der Waals surface area (Å²) >= 11 is 5.76. The highest BCUT2D eigenvalue weighted by atomic mass is 35.5. The summed E-state index contributed by atoms with van der Waals surface area (Å²) < 4.78 is 19.3. The van der Waals surface area contributed by atoms with Gasteiger partial charge in [-0.3, -0.25) is 0 Å². The molecular weight excluding hydrogens is 253 g/mol. The number of hydrogen-bond acceptors (Lipinski definition) is 2. The van der Waals surface area contributed by atoms with Crippen LogP contribution >= 0.6 is 11.6 Å². The average Bonchev–Trinajstić information content (AvgIpc) is 2.30. The van der Waals surface area contributed by atoms with Crippen molar-refractivity contribution < 1.29 is 9.13 Å². The van der Waals surface area contributed by atoms with E-state index in [9.17, 15) is 4.39 Å². The number of hydrogen-bond donors (Lipinski definition) is 1. The van der Waals surface area contributed by atoms with E-state index < -0.39 is 0 Å². The second-order valence-electron chi connectivity index (χ2n) is 5.12. The summed E-state index contributed by atoms with van der Waals surface area (Å²) in [7, 11) is 1.73. The summed E-state index contributed by atoms with van der Waals surface area (Å²) in [5.41, 5.74) is 6.62. The molecule has 1 fully saturated rings. The normalized spacial score (nSPS) is 19.3. The first-order chi connectivity index (χ1) is 8.56. The van der Waals surface area contributed by atoms with Gasteiger partial charge in [0.2, 0.25) is 0 Å². The number of benzene rings is 1. The maximum atomic E-state index is 13.8. The molecule has 0 saturated heterocycles. The summed E-state index contributed by atoms with van der Waals surface area (Å²) in [6, 6.07) is 4.94. The molecule has 1 aliphatic rings. The summed E-state index contributed by atoms with van der Waals surface area (Å²) in [6.45, 7) is 0. The van der Waals surface area contributed by atoms with E-state index in [1.807, 2.05) is 0 Å². The average molecular weight is 272 g/mol. The second kappa shape index (κ2) is 5.55. The van der Waals surface area contributed by atoms with Gasteiger partial charge in [0.05, 0.1) is 10.6 Å². The summed E-state index contributed by atoms with van der Waals surface area (Å²) in [4.78, 5) is 0. The SMILES string of the molecule is COC1(CC(N)Cc2cccc(Cl)c2F)CCC1. The molecule has 0 radical (unpaired) electrons. The van der Waals surface area contributed by atoms with Crippen LogP contribution in [0.15, 0.2) is 18.2 Å². The van der Waals surface area contributed by atoms with Crippen LogP contribution in [0.25, 0.3) is 0 Å². The molecule has 2 rings (SSSR count). The minimum absolute atomic E-state index is 0.0749. The van der Waals surface area contributed by atoms with Crippen LogP contribution in [-0.4, -0.2) is 18.8 Å². The maximum Gasteiger partial charge on any atom is 0.145 e. The lowest BCUT2D eigenvalue weighted by molar-refractivity contribution is -0.0813. The van der Waals surface area contributed by atoms with Gasteiger partial charge in [0.1, 0.15) is 5.82 Å². The van der Waals surface area contributed by atoms with E-state index in [-0.39, 0.29) is 22.5 Å². The van der Waals surface area contributed by atoms with Crippen LogP contribution in [0.5, 0.6) is 0 Å². The van der Waals surface area contributed by atoms with Gasteiger partial charge in [-0.15, -0.1) is 0 Å². The van der Waals surface area contributed by atoms with Crippen molar-refractivity contribution >= 4 is 11.6 Å². The first-order valence-electron chi connectivity index (χ1n) is 6.30. The minimum atomic E-state index is -0.352. The number of rotatable bonds is 5. The van der Waals surface area contributed by atoms with Crippen molar-refractivity contribution in [1.82, 2.24) is 0 Å². The topological polar surface area (TPSA) is 35.2 Å². The molecule has 1 aliphatic carbocycles. The van der Waals surface area contributed by atoms with Crippen LogP contribution in [-0.2, 0) is 11.2 Å². The summed E-state index contributed by atoms with van der Waals surface area (Å²) in [5.74, 6) is -0.352. The van der Waals surface area contributed by atoms with Gasteiger partial charge in [-0.25, -0.2) is 4.39 Å². The Labute approximate surface area is 112 Å². The summed E-state index contributed by atoms with van der Waals surface area (Å²) in [6.07, 6.45) is 4.56. The molecule has 0 bridgehead atoms. The fourth-order valence-corrected chi connectivity index (χ4v) is 2.80. The first-order valence-corrected chi connectivity index (χ1v) is 6.68. The third kappa shape index (κ3) is 2.85. The highest BCUT2D eigenvalue weighted by molar-refractivity contribution is 6.30. The van der Waals surface area contributed by atoms with Gasteiger partial charge < -0.3 is 10.5 Å². The summed E-state index contributed by atoms with van der Waals surface area (Å²) in [5, 5.41) is 0.157. The predicted octanol–water partition coefficient (Wildman–Crippen LogP) is 3.31. The number of nitrogens with two attached hydrogens (primary N) is 1. The van der Waals surface area contributed by atoms with E-state index >= 15 is 0 Å². The molecule has 0 aromatic heterocycles. The minimum Gasteiger partial charge on any atom is -0.378 e. The fourth-order valence-electron chi connectivity index (χ4n) is 2.60. The van der Waals surface area contributed by atoms with Crippen molar-refractivity contribution in [2.24, 2.45) is 5.73 Å². The molecule has 100 valence electrons. The van der Waals surface area contributed by atoms with Crippen molar-refractivity contribution in [1.29, 1.82) is 0 Å². The van der Waals surface area contributed by atoms with E-state index in [2.05, 4.69) is 0 Å². The lowest BCUT2D eigenvalue weighted by atomic mass is 9.75. The van der Waals surface area contributed by atoms with E-state index in [0.29, 0.717) is 12.0 Å². The molecule has 1 saturated carbocycles. The second-order valence-corrected chi connectivity index (χ2v) is 5.53. The monoisotopic (exact) mass is 271 g/mol. The molecular formula is C14H19ClFNO. The van der Waals surface area contributed by atoms with Crippen LogP contribution in [0.4, 0.5) is 4.39 Å². The van der Waals surface area contributed by atoms with Crippen molar-refractivity contribution in [3.05, 3.63) is 34.6 Å². The molecule has 2 nitrogen and oxygen atoms in total. The Balaban J connectivity index is 1.98. The fraction of sp³-hybridized carbons (Fsp3) is 0.571. The largest absolute Gasteiger partial charge is 0.378 e. The molecule has 1 aromatic carbocycles. The lowest BCUT2D eigenvalue weighted by Crippen LogP contribution is -2.45. The van der Waals surface area contributed by atoms with E-state index in [4.69, 9.17) is 22.1 Å². The van der Waals surface area contributed by atoms with Crippen molar-refractivity contribution in [3.63, 3.8) is 0 Å². The first kappa shape index (κ1) is 13.8. The van der Waals surface area contributed by atoms with Gasteiger partial charge in [0, 0.05) is 13.2 Å². The number of methoxy groups -OCH3 is 1. The number of ether oxygens (including phenoxy) is 1. The standard InChI is InChI=1S/C14H19ClFNO/c1-18-14(6-3-7-14)9-11(17)8-10-4-2-5-12(15)13(10)16/h2,4-5,11H,3,6-9,17H2,1H3. The smallest absolute Gasteiger partial charge is 0.145 e. The Morgan fingerprint density at radius 2 is 2.22 bits per heavy atom.